The van der Waals surface area contributed by atoms with E-state index >= 15 is 0 Å². The minimum Gasteiger partial charge on any atom is -0.416 e. The highest BCUT2D eigenvalue weighted by molar-refractivity contribution is 14.2. The standard InChI is InChI=1S/C15H30I2OSi/c1-12(2)19(13(3)4,14(5)6)18-11-9-7-8-10-15(16)17/h10,12-14H,7-9,11H2,1-6H3. The maximum atomic E-state index is 6.54. The summed E-state index contributed by atoms with van der Waals surface area (Å²) < 4.78 is 7.90. The summed E-state index contributed by atoms with van der Waals surface area (Å²) in [5.74, 6) is 0. The Balaban J connectivity index is 4.33. The second-order valence-electron chi connectivity index (χ2n) is 6.16. The van der Waals surface area contributed by atoms with Gasteiger partial charge in [0.15, 0.2) is 8.32 Å². The number of hydrogen-bond donors (Lipinski definition) is 0. The Morgan fingerprint density at radius 1 is 0.947 bits per heavy atom. The lowest BCUT2D eigenvalue weighted by Crippen LogP contribution is -2.47. The summed E-state index contributed by atoms with van der Waals surface area (Å²) in [6.45, 7) is 15.1. The van der Waals surface area contributed by atoms with Crippen LogP contribution >= 0.6 is 45.2 Å². The predicted molar refractivity (Wildman–Crippen MR) is 107 cm³/mol. The molecular weight excluding hydrogens is 478 g/mol. The first-order valence-electron chi connectivity index (χ1n) is 7.40. The van der Waals surface area contributed by atoms with Gasteiger partial charge in [-0.05, 0) is 81.1 Å². The summed E-state index contributed by atoms with van der Waals surface area (Å²) >= 11 is 4.73. The lowest BCUT2D eigenvalue weighted by Gasteiger charge is -2.42. The average molecular weight is 508 g/mol. The van der Waals surface area contributed by atoms with Crippen LogP contribution in [-0.2, 0) is 4.43 Å². The average Bonchev–Trinajstić information content (AvgIpc) is 2.26. The molecule has 0 aliphatic carbocycles. The van der Waals surface area contributed by atoms with Crippen molar-refractivity contribution in [3.05, 3.63) is 7.66 Å². The van der Waals surface area contributed by atoms with Crippen molar-refractivity contribution in [1.29, 1.82) is 0 Å². The molecule has 0 saturated heterocycles. The Hall–Kier alpha value is 1.38. The van der Waals surface area contributed by atoms with E-state index in [4.69, 9.17) is 4.43 Å². The number of hydrogen-bond acceptors (Lipinski definition) is 1. The summed E-state index contributed by atoms with van der Waals surface area (Å²) in [4.78, 5) is 0. The van der Waals surface area contributed by atoms with E-state index in [0.717, 1.165) is 6.61 Å². The van der Waals surface area contributed by atoms with Gasteiger partial charge in [-0.1, -0.05) is 47.6 Å². The number of rotatable bonds is 9. The van der Waals surface area contributed by atoms with Crippen LogP contribution in [0.25, 0.3) is 0 Å². The van der Waals surface area contributed by atoms with Gasteiger partial charge in [-0.3, -0.25) is 0 Å². The summed E-state index contributed by atoms with van der Waals surface area (Å²) in [6, 6.07) is 0. The smallest absolute Gasteiger partial charge is 0.200 e. The van der Waals surface area contributed by atoms with Crippen LogP contribution in [0, 0.1) is 0 Å². The van der Waals surface area contributed by atoms with E-state index in [1.165, 1.54) is 20.8 Å². The summed E-state index contributed by atoms with van der Waals surface area (Å²) in [5, 5.41) is 0. The Kier molecular flexibility index (Phi) is 10.9. The molecule has 0 heterocycles. The molecule has 0 amide bonds. The largest absolute Gasteiger partial charge is 0.416 e. The van der Waals surface area contributed by atoms with Crippen LogP contribution in [-0.4, -0.2) is 14.9 Å². The molecule has 0 aromatic heterocycles. The first-order valence-corrected chi connectivity index (χ1v) is 11.7. The van der Waals surface area contributed by atoms with Crippen molar-refractivity contribution in [1.82, 2.24) is 0 Å². The van der Waals surface area contributed by atoms with Gasteiger partial charge in [-0.25, -0.2) is 0 Å². The molecule has 0 unspecified atom stereocenters. The maximum Gasteiger partial charge on any atom is 0.200 e. The third-order valence-electron chi connectivity index (χ3n) is 3.96. The molecule has 4 heteroatoms. The molecule has 0 rings (SSSR count). The van der Waals surface area contributed by atoms with E-state index < -0.39 is 8.32 Å². The normalized spacial score (nSPS) is 12.6. The second kappa shape index (κ2) is 10.2. The molecule has 0 aliphatic heterocycles. The molecule has 0 aromatic carbocycles. The molecule has 0 radical (unpaired) electrons. The van der Waals surface area contributed by atoms with Gasteiger partial charge in [0.1, 0.15) is 0 Å². The van der Waals surface area contributed by atoms with Crippen molar-refractivity contribution in [2.45, 2.75) is 77.4 Å². The summed E-state index contributed by atoms with van der Waals surface area (Å²) in [6.07, 6.45) is 5.93. The van der Waals surface area contributed by atoms with Crippen molar-refractivity contribution < 1.29 is 4.43 Å². The first-order chi connectivity index (χ1) is 8.75. The van der Waals surface area contributed by atoms with Crippen molar-refractivity contribution in [2.75, 3.05) is 6.61 Å². The van der Waals surface area contributed by atoms with E-state index in [1.807, 2.05) is 0 Å². The summed E-state index contributed by atoms with van der Waals surface area (Å²) in [7, 11) is -1.63. The quantitative estimate of drug-likeness (QED) is 0.184. The van der Waals surface area contributed by atoms with Crippen LogP contribution in [0.1, 0.15) is 60.8 Å². The molecule has 0 bridgehead atoms. The Morgan fingerprint density at radius 3 is 1.79 bits per heavy atom. The fraction of sp³-hybridized carbons (Fsp3) is 0.867. The fourth-order valence-electron chi connectivity index (χ4n) is 3.21. The molecule has 1 nitrogen and oxygen atoms in total. The van der Waals surface area contributed by atoms with E-state index in [1.54, 1.807) is 0 Å². The first kappa shape index (κ1) is 20.4. The molecular formula is C15H30I2OSi. The second-order valence-corrected chi connectivity index (χ2v) is 16.0. The van der Waals surface area contributed by atoms with E-state index in [0.29, 0.717) is 16.6 Å². The monoisotopic (exact) mass is 508 g/mol. The van der Waals surface area contributed by atoms with Crippen LogP contribution in [0.3, 0.4) is 0 Å². The fourth-order valence-corrected chi connectivity index (χ4v) is 9.33. The third kappa shape index (κ3) is 6.78. The third-order valence-corrected chi connectivity index (χ3v) is 11.0. The highest BCUT2D eigenvalue weighted by Gasteiger charge is 2.44. The van der Waals surface area contributed by atoms with Crippen LogP contribution in [0.5, 0.6) is 0 Å². The van der Waals surface area contributed by atoms with Crippen LogP contribution < -0.4 is 0 Å². The van der Waals surface area contributed by atoms with Crippen LogP contribution in [0.15, 0.2) is 7.66 Å². The number of allylic oxidation sites excluding steroid dienone is 1. The zero-order valence-electron chi connectivity index (χ0n) is 13.3. The highest BCUT2D eigenvalue weighted by Crippen LogP contribution is 2.42. The van der Waals surface area contributed by atoms with Gasteiger partial charge >= 0.3 is 0 Å². The molecule has 19 heavy (non-hydrogen) atoms. The van der Waals surface area contributed by atoms with Gasteiger partial charge in [0.2, 0.25) is 0 Å². The van der Waals surface area contributed by atoms with E-state index in [9.17, 15) is 0 Å². The molecule has 0 atom stereocenters. The predicted octanol–water partition coefficient (Wildman–Crippen LogP) is 7.06. The van der Waals surface area contributed by atoms with Gasteiger partial charge in [0.25, 0.3) is 0 Å². The Labute approximate surface area is 148 Å². The zero-order chi connectivity index (χ0) is 15.1. The minimum atomic E-state index is -1.63. The molecule has 0 aromatic rings. The number of unbranched alkanes of at least 4 members (excludes halogenated alkanes) is 2. The van der Waals surface area contributed by atoms with Gasteiger partial charge in [0, 0.05) is 8.19 Å². The van der Waals surface area contributed by atoms with Crippen molar-refractivity contribution in [2.24, 2.45) is 0 Å². The van der Waals surface area contributed by atoms with Crippen LogP contribution in [0.4, 0.5) is 0 Å². The molecule has 0 saturated carbocycles. The Bertz CT molecular complexity index is 250. The lowest BCUT2D eigenvalue weighted by atomic mass is 10.2. The van der Waals surface area contributed by atoms with Crippen molar-refractivity contribution in [3.63, 3.8) is 0 Å². The Morgan fingerprint density at radius 2 is 1.42 bits per heavy atom. The van der Waals surface area contributed by atoms with Crippen LogP contribution in [0.2, 0.25) is 16.6 Å². The van der Waals surface area contributed by atoms with Gasteiger partial charge < -0.3 is 4.43 Å². The maximum absolute atomic E-state index is 6.54. The van der Waals surface area contributed by atoms with Gasteiger partial charge in [-0.2, -0.15) is 0 Å². The number of halogens is 2. The molecule has 0 fully saturated rings. The zero-order valence-corrected chi connectivity index (χ0v) is 18.6. The molecule has 0 spiro atoms. The van der Waals surface area contributed by atoms with Crippen molar-refractivity contribution >= 4 is 53.5 Å². The SMILES string of the molecule is CC(C)[Si](OCCCCC=C(I)I)(C(C)C)C(C)C. The van der Waals surface area contributed by atoms with Gasteiger partial charge in [0.05, 0.1) is 0 Å². The summed E-state index contributed by atoms with van der Waals surface area (Å²) in [5.41, 5.74) is 2.09. The lowest BCUT2D eigenvalue weighted by molar-refractivity contribution is 0.269. The van der Waals surface area contributed by atoms with Gasteiger partial charge in [-0.15, -0.1) is 0 Å². The molecule has 114 valence electrons. The van der Waals surface area contributed by atoms with Crippen molar-refractivity contribution in [3.8, 4) is 0 Å². The minimum absolute atomic E-state index is 0.697. The highest BCUT2D eigenvalue weighted by atomic mass is 127. The van der Waals surface area contributed by atoms with E-state index in [-0.39, 0.29) is 0 Å². The topological polar surface area (TPSA) is 9.23 Å². The molecule has 0 aliphatic rings. The molecule has 0 N–H and O–H groups in total. The van der Waals surface area contributed by atoms with E-state index in [2.05, 4.69) is 92.8 Å².